The zero-order chi connectivity index (χ0) is 24.3. The van der Waals surface area contributed by atoms with E-state index >= 15 is 0 Å². The minimum Gasteiger partial charge on any atom is -0.495 e. The number of benzene rings is 2. The Balaban J connectivity index is 1.47. The number of anilines is 2. The summed E-state index contributed by atoms with van der Waals surface area (Å²) in [4.78, 5) is 14.9. The number of hydrogen-bond acceptors (Lipinski definition) is 5. The van der Waals surface area contributed by atoms with Crippen LogP contribution in [0.5, 0.6) is 5.75 Å². The van der Waals surface area contributed by atoms with E-state index in [9.17, 15) is 18.0 Å². The van der Waals surface area contributed by atoms with Crippen molar-refractivity contribution < 1.29 is 22.7 Å². The number of nitrogens with zero attached hydrogens (tertiary/aromatic N) is 3. The van der Waals surface area contributed by atoms with Crippen molar-refractivity contribution in [3.05, 3.63) is 65.7 Å². The van der Waals surface area contributed by atoms with Crippen LogP contribution < -0.4 is 15.0 Å². The van der Waals surface area contributed by atoms with Gasteiger partial charge in [0, 0.05) is 18.7 Å². The number of aromatic nitrogens is 2. The molecule has 4 rings (SSSR count). The molecule has 1 N–H and O–H groups in total. The van der Waals surface area contributed by atoms with E-state index in [2.05, 4.69) is 15.5 Å². The lowest BCUT2D eigenvalue weighted by atomic mass is 9.97. The maximum absolute atomic E-state index is 13.1. The molecule has 0 aliphatic carbocycles. The van der Waals surface area contributed by atoms with Crippen LogP contribution in [-0.4, -0.2) is 36.3 Å². The van der Waals surface area contributed by atoms with Gasteiger partial charge in [0.2, 0.25) is 5.91 Å². The average molecular weight is 470 g/mol. The van der Waals surface area contributed by atoms with Crippen LogP contribution >= 0.6 is 0 Å². The first kappa shape index (κ1) is 23.5. The molecule has 1 aliphatic rings. The molecule has 6 nitrogen and oxygen atoms in total. The highest BCUT2D eigenvalue weighted by Gasteiger charge is 2.32. The van der Waals surface area contributed by atoms with Crippen molar-refractivity contribution in [2.75, 3.05) is 30.4 Å². The summed E-state index contributed by atoms with van der Waals surface area (Å²) in [5, 5.41) is 11.4. The zero-order valence-electron chi connectivity index (χ0n) is 18.9. The fourth-order valence-electron chi connectivity index (χ4n) is 4.11. The van der Waals surface area contributed by atoms with Gasteiger partial charge in [-0.25, -0.2) is 0 Å². The summed E-state index contributed by atoms with van der Waals surface area (Å²) in [6.45, 7) is 3.12. The lowest BCUT2D eigenvalue weighted by molar-refractivity contribution is -0.137. The van der Waals surface area contributed by atoms with Gasteiger partial charge >= 0.3 is 6.18 Å². The second-order valence-corrected chi connectivity index (χ2v) is 8.28. The van der Waals surface area contributed by atoms with Crippen molar-refractivity contribution in [1.82, 2.24) is 10.2 Å². The van der Waals surface area contributed by atoms with E-state index in [1.165, 1.54) is 13.2 Å². The van der Waals surface area contributed by atoms with Gasteiger partial charge in [0.25, 0.3) is 0 Å². The molecule has 2 aromatic carbocycles. The lowest BCUT2D eigenvalue weighted by Crippen LogP contribution is -2.41. The maximum Gasteiger partial charge on any atom is 0.416 e. The summed E-state index contributed by atoms with van der Waals surface area (Å²) >= 11 is 0. The first-order valence-electron chi connectivity index (χ1n) is 11.0. The van der Waals surface area contributed by atoms with Crippen molar-refractivity contribution in [2.45, 2.75) is 25.9 Å². The summed E-state index contributed by atoms with van der Waals surface area (Å²) in [7, 11) is 1.35. The Morgan fingerprint density at radius 1 is 1.12 bits per heavy atom. The van der Waals surface area contributed by atoms with Crippen LogP contribution in [0.2, 0.25) is 0 Å². The molecule has 9 heteroatoms. The number of hydrogen-bond donors (Lipinski definition) is 1. The van der Waals surface area contributed by atoms with Crippen molar-refractivity contribution in [3.63, 3.8) is 0 Å². The number of piperidine rings is 1. The topological polar surface area (TPSA) is 67.3 Å². The van der Waals surface area contributed by atoms with Crippen molar-refractivity contribution in [3.8, 4) is 17.0 Å². The van der Waals surface area contributed by atoms with Crippen molar-refractivity contribution in [2.24, 2.45) is 5.92 Å². The minimum absolute atomic E-state index is 0.00169. The maximum atomic E-state index is 13.1. The number of methoxy groups -OCH3 is 1. The number of alkyl halides is 3. The van der Waals surface area contributed by atoms with Crippen LogP contribution in [0.25, 0.3) is 11.3 Å². The molecule has 34 heavy (non-hydrogen) atoms. The molecule has 1 saturated heterocycles. The fraction of sp³-hybridized carbons (Fsp3) is 0.320. The van der Waals surface area contributed by atoms with Gasteiger partial charge in [-0.05, 0) is 55.7 Å². The highest BCUT2D eigenvalue weighted by molar-refractivity contribution is 5.94. The van der Waals surface area contributed by atoms with E-state index in [-0.39, 0.29) is 17.3 Å². The third-order valence-corrected chi connectivity index (χ3v) is 5.97. The molecule has 0 radical (unpaired) electrons. The molecule has 0 saturated carbocycles. The molecule has 1 aliphatic heterocycles. The van der Waals surface area contributed by atoms with E-state index in [1.807, 2.05) is 48.2 Å². The van der Waals surface area contributed by atoms with Crippen LogP contribution in [0.3, 0.4) is 0 Å². The monoisotopic (exact) mass is 470 g/mol. The van der Waals surface area contributed by atoms with Gasteiger partial charge in [-0.1, -0.05) is 24.3 Å². The predicted octanol–water partition coefficient (Wildman–Crippen LogP) is 5.33. The zero-order valence-corrected chi connectivity index (χ0v) is 18.9. The van der Waals surface area contributed by atoms with Crippen LogP contribution in [0.4, 0.5) is 24.7 Å². The number of aryl methyl sites for hydroxylation is 1. The quantitative estimate of drug-likeness (QED) is 0.546. The van der Waals surface area contributed by atoms with Gasteiger partial charge in [-0.3, -0.25) is 4.79 Å². The Hall–Kier alpha value is -3.62. The Morgan fingerprint density at radius 3 is 2.59 bits per heavy atom. The molecule has 1 amide bonds. The number of nitrogens with one attached hydrogen (secondary N) is 1. The third kappa shape index (κ3) is 5.13. The van der Waals surface area contributed by atoms with Crippen LogP contribution in [-0.2, 0) is 11.0 Å². The van der Waals surface area contributed by atoms with Crippen LogP contribution in [0, 0.1) is 12.8 Å². The predicted molar refractivity (Wildman–Crippen MR) is 124 cm³/mol. The van der Waals surface area contributed by atoms with E-state index < -0.39 is 17.7 Å². The fourth-order valence-corrected chi connectivity index (χ4v) is 4.11. The second-order valence-electron chi connectivity index (χ2n) is 8.28. The standard InChI is InChI=1S/C25H25F3N4O2/c1-16-6-3-4-8-19(16)20-10-12-23(31-30-20)32-13-5-7-17(15-32)24(33)29-21-14-18(25(26,27)28)9-11-22(21)34-2/h3-4,6,8-12,14,17H,5,7,13,15H2,1-2H3,(H,29,33). The molecule has 178 valence electrons. The molecule has 1 fully saturated rings. The molecular formula is C25H25F3N4O2. The lowest BCUT2D eigenvalue weighted by Gasteiger charge is -2.32. The van der Waals surface area contributed by atoms with Crippen molar-refractivity contribution >= 4 is 17.4 Å². The Labute approximate surface area is 195 Å². The molecule has 0 bridgehead atoms. The SMILES string of the molecule is COc1ccc(C(F)(F)F)cc1NC(=O)C1CCCN(c2ccc(-c3ccccc3C)nn2)C1. The van der Waals surface area contributed by atoms with Gasteiger partial charge < -0.3 is 15.0 Å². The van der Waals surface area contributed by atoms with Crippen molar-refractivity contribution in [1.29, 1.82) is 0 Å². The number of halogens is 3. The normalized spacial score (nSPS) is 16.3. The Bertz CT molecular complexity index is 1170. The first-order chi connectivity index (χ1) is 16.3. The van der Waals surface area contributed by atoms with Crippen LogP contribution in [0.15, 0.2) is 54.6 Å². The van der Waals surface area contributed by atoms with Gasteiger partial charge in [0.15, 0.2) is 5.82 Å². The summed E-state index contributed by atoms with van der Waals surface area (Å²) in [6, 6.07) is 14.7. The molecule has 3 aromatic rings. The van der Waals surface area contributed by atoms with Gasteiger partial charge in [0.1, 0.15) is 5.75 Å². The first-order valence-corrected chi connectivity index (χ1v) is 11.0. The van der Waals surface area contributed by atoms with E-state index in [1.54, 1.807) is 0 Å². The van der Waals surface area contributed by atoms with E-state index in [0.717, 1.165) is 41.9 Å². The summed E-state index contributed by atoms with van der Waals surface area (Å²) in [5.74, 6) is 0.0656. The number of carbonyl (C=O) groups is 1. The van der Waals surface area contributed by atoms with Gasteiger partial charge in [0.05, 0.1) is 30.0 Å². The third-order valence-electron chi connectivity index (χ3n) is 5.97. The second kappa shape index (κ2) is 9.70. The Kier molecular flexibility index (Phi) is 6.72. The molecule has 0 spiro atoms. The number of carbonyl (C=O) groups excluding carboxylic acids is 1. The van der Waals surface area contributed by atoms with E-state index in [0.29, 0.717) is 18.8 Å². The summed E-state index contributed by atoms with van der Waals surface area (Å²) in [5.41, 5.74) is 2.03. The Morgan fingerprint density at radius 2 is 1.91 bits per heavy atom. The molecular weight excluding hydrogens is 445 g/mol. The largest absolute Gasteiger partial charge is 0.495 e. The number of ether oxygens (including phenoxy) is 1. The average Bonchev–Trinajstić information content (AvgIpc) is 2.84. The minimum atomic E-state index is -4.52. The van der Waals surface area contributed by atoms with E-state index in [4.69, 9.17) is 4.74 Å². The van der Waals surface area contributed by atoms with Gasteiger partial charge in [-0.15, -0.1) is 10.2 Å². The van der Waals surface area contributed by atoms with Crippen LogP contribution in [0.1, 0.15) is 24.0 Å². The molecule has 1 aromatic heterocycles. The molecule has 1 atom stereocenters. The highest BCUT2D eigenvalue weighted by Crippen LogP contribution is 2.35. The molecule has 2 heterocycles. The highest BCUT2D eigenvalue weighted by atomic mass is 19.4. The smallest absolute Gasteiger partial charge is 0.416 e. The summed E-state index contributed by atoms with van der Waals surface area (Å²) < 4.78 is 44.5. The number of amides is 1. The van der Waals surface area contributed by atoms with Gasteiger partial charge in [-0.2, -0.15) is 13.2 Å². The summed E-state index contributed by atoms with van der Waals surface area (Å²) in [6.07, 6.45) is -3.14. The molecule has 1 unspecified atom stereocenters. The number of rotatable bonds is 5.